The van der Waals surface area contributed by atoms with Gasteiger partial charge in [-0.25, -0.2) is 0 Å². The van der Waals surface area contributed by atoms with Crippen molar-refractivity contribution in [3.63, 3.8) is 0 Å². The average molecular weight is 296 g/mol. The number of amides is 1. The van der Waals surface area contributed by atoms with Crippen LogP contribution in [0.15, 0.2) is 18.2 Å². The fourth-order valence-corrected chi connectivity index (χ4v) is 2.69. The van der Waals surface area contributed by atoms with E-state index in [0.29, 0.717) is 12.3 Å². The predicted molar refractivity (Wildman–Crippen MR) is 79.7 cm³/mol. The highest BCUT2D eigenvalue weighted by molar-refractivity contribution is 5.93. The van der Waals surface area contributed by atoms with Crippen molar-refractivity contribution in [2.45, 2.75) is 31.7 Å². The Balaban J connectivity index is 0.00000147. The highest BCUT2D eigenvalue weighted by Crippen LogP contribution is 2.27. The number of nitrogens with one attached hydrogen (secondary N) is 2. The summed E-state index contributed by atoms with van der Waals surface area (Å²) in [5, 5.41) is 13.4. The molecule has 3 rings (SSSR count). The first-order valence-electron chi connectivity index (χ1n) is 6.58. The third-order valence-electron chi connectivity index (χ3n) is 3.77. The molecule has 1 aromatic heterocycles. The number of carbonyl (C=O) groups is 1. The number of hydrogen-bond donors (Lipinski definition) is 3. The second kappa shape index (κ2) is 6.19. The van der Waals surface area contributed by atoms with E-state index in [-0.39, 0.29) is 24.4 Å². The van der Waals surface area contributed by atoms with Crippen LogP contribution in [-0.2, 0) is 4.79 Å². The van der Waals surface area contributed by atoms with E-state index in [9.17, 15) is 4.79 Å². The smallest absolute Gasteiger partial charge is 0.224 e. The molecule has 1 fully saturated rings. The van der Waals surface area contributed by atoms with Gasteiger partial charge in [0.1, 0.15) is 11.0 Å². The number of aromatic amines is 1. The second-order valence-corrected chi connectivity index (χ2v) is 5.13. The van der Waals surface area contributed by atoms with Crippen molar-refractivity contribution in [3.8, 4) is 0 Å². The van der Waals surface area contributed by atoms with Crippen LogP contribution in [0.5, 0.6) is 0 Å². The molecule has 2 aromatic rings. The summed E-state index contributed by atoms with van der Waals surface area (Å²) in [6.45, 7) is 0. The van der Waals surface area contributed by atoms with Crippen LogP contribution >= 0.6 is 12.4 Å². The van der Waals surface area contributed by atoms with Gasteiger partial charge in [-0.1, -0.05) is 6.42 Å². The van der Waals surface area contributed by atoms with Crippen molar-refractivity contribution < 1.29 is 4.79 Å². The molecule has 0 radical (unpaired) electrons. The number of aromatic nitrogens is 3. The van der Waals surface area contributed by atoms with Gasteiger partial charge in [-0.2, -0.15) is 15.4 Å². The van der Waals surface area contributed by atoms with Gasteiger partial charge >= 0.3 is 0 Å². The minimum Gasteiger partial charge on any atom is -0.327 e. The fourth-order valence-electron chi connectivity index (χ4n) is 2.69. The van der Waals surface area contributed by atoms with Gasteiger partial charge in [-0.15, -0.1) is 12.4 Å². The number of carbonyl (C=O) groups excluding carboxylic acids is 1. The molecule has 0 spiro atoms. The summed E-state index contributed by atoms with van der Waals surface area (Å²) in [5.41, 5.74) is 8.26. The first-order chi connectivity index (χ1) is 9.22. The number of halogens is 1. The number of nitrogens with two attached hydrogens (primary N) is 1. The first-order valence-corrected chi connectivity index (χ1v) is 6.58. The normalized spacial score (nSPS) is 21.6. The molecular weight excluding hydrogens is 278 g/mol. The Hall–Kier alpha value is -1.66. The van der Waals surface area contributed by atoms with Gasteiger partial charge in [0.2, 0.25) is 5.91 Å². The molecule has 0 aliphatic heterocycles. The highest BCUT2D eigenvalue weighted by atomic mass is 35.5. The first kappa shape index (κ1) is 14.7. The van der Waals surface area contributed by atoms with E-state index in [4.69, 9.17) is 5.73 Å². The molecule has 7 heteroatoms. The summed E-state index contributed by atoms with van der Waals surface area (Å²) >= 11 is 0. The minimum absolute atomic E-state index is 0. The summed E-state index contributed by atoms with van der Waals surface area (Å²) in [4.78, 5) is 12.0. The van der Waals surface area contributed by atoms with Gasteiger partial charge < -0.3 is 11.1 Å². The molecule has 1 aromatic carbocycles. The van der Waals surface area contributed by atoms with Crippen LogP contribution in [-0.4, -0.2) is 27.4 Å². The van der Waals surface area contributed by atoms with Gasteiger partial charge in [0.05, 0.1) is 0 Å². The van der Waals surface area contributed by atoms with E-state index in [2.05, 4.69) is 20.7 Å². The standard InChI is InChI=1S/C13H17N5O.ClH/c14-10-3-1-2-8(10)6-13(19)15-9-4-5-11-12(7-9)17-18-16-11;/h4-5,7-8,10H,1-3,6,14H2,(H,15,19)(H,16,17,18);1H/t8-,10+;/m0./s1. The van der Waals surface area contributed by atoms with Crippen LogP contribution in [0.4, 0.5) is 5.69 Å². The minimum atomic E-state index is 0. The van der Waals surface area contributed by atoms with E-state index in [0.717, 1.165) is 36.0 Å². The molecule has 0 bridgehead atoms. The maximum atomic E-state index is 12.0. The van der Waals surface area contributed by atoms with Gasteiger partial charge in [0.25, 0.3) is 0 Å². The molecule has 4 N–H and O–H groups in total. The molecule has 0 unspecified atom stereocenters. The third-order valence-corrected chi connectivity index (χ3v) is 3.77. The van der Waals surface area contributed by atoms with E-state index >= 15 is 0 Å². The molecular formula is C13H18ClN5O. The number of hydrogen-bond acceptors (Lipinski definition) is 4. The lowest BCUT2D eigenvalue weighted by Gasteiger charge is -2.14. The van der Waals surface area contributed by atoms with Gasteiger partial charge in [0.15, 0.2) is 0 Å². The van der Waals surface area contributed by atoms with Crippen molar-refractivity contribution in [3.05, 3.63) is 18.2 Å². The number of H-pyrrole nitrogens is 1. The van der Waals surface area contributed by atoms with Gasteiger partial charge in [-0.3, -0.25) is 4.79 Å². The van der Waals surface area contributed by atoms with Crippen molar-refractivity contribution >= 4 is 35.0 Å². The van der Waals surface area contributed by atoms with Crippen LogP contribution in [0.1, 0.15) is 25.7 Å². The van der Waals surface area contributed by atoms with Crippen LogP contribution in [0, 0.1) is 5.92 Å². The van der Waals surface area contributed by atoms with E-state index in [1.165, 1.54) is 0 Å². The Morgan fingerprint density at radius 2 is 2.15 bits per heavy atom. The summed E-state index contributed by atoms with van der Waals surface area (Å²) in [6, 6.07) is 5.64. The monoisotopic (exact) mass is 295 g/mol. The Morgan fingerprint density at radius 1 is 1.35 bits per heavy atom. The van der Waals surface area contributed by atoms with Crippen molar-refractivity contribution in [2.75, 3.05) is 5.32 Å². The Kier molecular flexibility index (Phi) is 4.57. The molecule has 6 nitrogen and oxygen atoms in total. The fraction of sp³-hybridized carbons (Fsp3) is 0.462. The molecule has 1 aliphatic carbocycles. The van der Waals surface area contributed by atoms with E-state index in [1.807, 2.05) is 18.2 Å². The van der Waals surface area contributed by atoms with Crippen LogP contribution in [0.2, 0.25) is 0 Å². The third kappa shape index (κ3) is 3.08. The largest absolute Gasteiger partial charge is 0.327 e. The lowest BCUT2D eigenvalue weighted by molar-refractivity contribution is -0.117. The van der Waals surface area contributed by atoms with Crippen molar-refractivity contribution in [1.82, 2.24) is 15.4 Å². The highest BCUT2D eigenvalue weighted by Gasteiger charge is 2.25. The van der Waals surface area contributed by atoms with E-state index in [1.54, 1.807) is 0 Å². The van der Waals surface area contributed by atoms with Crippen molar-refractivity contribution in [1.29, 1.82) is 0 Å². The van der Waals surface area contributed by atoms with Crippen LogP contribution in [0.3, 0.4) is 0 Å². The molecule has 108 valence electrons. The molecule has 1 saturated carbocycles. The number of nitrogens with zero attached hydrogens (tertiary/aromatic N) is 2. The maximum Gasteiger partial charge on any atom is 0.224 e. The number of fused-ring (bicyclic) bond motifs is 1. The number of benzene rings is 1. The summed E-state index contributed by atoms with van der Waals surface area (Å²) < 4.78 is 0. The molecule has 20 heavy (non-hydrogen) atoms. The zero-order valence-corrected chi connectivity index (χ0v) is 11.8. The number of rotatable bonds is 3. The van der Waals surface area contributed by atoms with Gasteiger partial charge in [0, 0.05) is 18.2 Å². The quantitative estimate of drug-likeness (QED) is 0.805. The average Bonchev–Trinajstić information content (AvgIpc) is 2.98. The SMILES string of the molecule is Cl.N[C@@H]1CCC[C@H]1CC(=O)Nc1ccc2n[nH]nc2c1. The van der Waals surface area contributed by atoms with E-state index < -0.39 is 0 Å². The van der Waals surface area contributed by atoms with Gasteiger partial charge in [-0.05, 0) is 37.0 Å². The zero-order chi connectivity index (χ0) is 13.2. The Morgan fingerprint density at radius 3 is 2.90 bits per heavy atom. The van der Waals surface area contributed by atoms with Crippen LogP contribution < -0.4 is 11.1 Å². The Labute approximate surface area is 122 Å². The molecule has 1 heterocycles. The summed E-state index contributed by atoms with van der Waals surface area (Å²) in [7, 11) is 0. The summed E-state index contributed by atoms with van der Waals surface area (Å²) in [5.74, 6) is 0.334. The zero-order valence-electron chi connectivity index (χ0n) is 11.0. The molecule has 0 saturated heterocycles. The van der Waals surface area contributed by atoms with Crippen LogP contribution in [0.25, 0.3) is 11.0 Å². The second-order valence-electron chi connectivity index (χ2n) is 5.13. The number of anilines is 1. The van der Waals surface area contributed by atoms with Crippen molar-refractivity contribution in [2.24, 2.45) is 11.7 Å². The Bertz CT molecular complexity index is 599. The predicted octanol–water partition coefficient (Wildman–Crippen LogP) is 1.84. The molecule has 1 amide bonds. The lowest BCUT2D eigenvalue weighted by Crippen LogP contribution is -2.28. The lowest BCUT2D eigenvalue weighted by atomic mass is 10.00. The maximum absolute atomic E-state index is 12.0. The topological polar surface area (TPSA) is 96.7 Å². The summed E-state index contributed by atoms with van der Waals surface area (Å²) in [6.07, 6.45) is 3.71. The molecule has 1 aliphatic rings. The molecule has 2 atom stereocenters.